The number of carbonyl (C=O) groups is 1. The van der Waals surface area contributed by atoms with Gasteiger partial charge in [0.05, 0.1) is 28.8 Å². The lowest BCUT2D eigenvalue weighted by Crippen LogP contribution is -2.40. The van der Waals surface area contributed by atoms with Crippen LogP contribution in [-0.4, -0.2) is 55.2 Å². The van der Waals surface area contributed by atoms with E-state index in [2.05, 4.69) is 17.9 Å². The van der Waals surface area contributed by atoms with Crippen LogP contribution in [0.4, 0.5) is 5.13 Å². The summed E-state index contributed by atoms with van der Waals surface area (Å²) in [6, 6.07) is 11.1. The molecule has 34 heavy (non-hydrogen) atoms. The van der Waals surface area contributed by atoms with E-state index in [1.165, 1.54) is 17.6 Å². The molecule has 8 heteroatoms. The number of rotatable bonds is 6. The van der Waals surface area contributed by atoms with Crippen LogP contribution >= 0.6 is 11.3 Å². The number of anilines is 1. The molecule has 0 radical (unpaired) electrons. The van der Waals surface area contributed by atoms with Crippen LogP contribution in [0.25, 0.3) is 21.2 Å². The quantitative estimate of drug-likeness (QED) is 0.410. The van der Waals surface area contributed by atoms with Crippen molar-refractivity contribution < 1.29 is 13.9 Å². The second-order valence-corrected chi connectivity index (χ2v) is 9.60. The van der Waals surface area contributed by atoms with E-state index in [1.54, 1.807) is 29.2 Å². The highest BCUT2D eigenvalue weighted by Crippen LogP contribution is 2.32. The molecule has 5 rings (SSSR count). The molecule has 4 aromatic rings. The van der Waals surface area contributed by atoms with Gasteiger partial charge in [0.25, 0.3) is 5.91 Å². The number of hydrogen-bond acceptors (Lipinski definition) is 7. The molecule has 1 aliphatic rings. The zero-order valence-corrected chi connectivity index (χ0v) is 20.2. The van der Waals surface area contributed by atoms with Gasteiger partial charge in [0.1, 0.15) is 17.4 Å². The summed E-state index contributed by atoms with van der Waals surface area (Å²) in [5, 5.41) is 1.00. The van der Waals surface area contributed by atoms with Crippen LogP contribution in [0.5, 0.6) is 0 Å². The lowest BCUT2D eigenvalue weighted by atomic mass is 10.1. The molecule has 1 fully saturated rings. The van der Waals surface area contributed by atoms with Crippen LogP contribution in [0.1, 0.15) is 27.9 Å². The van der Waals surface area contributed by atoms with E-state index in [0.717, 1.165) is 60.6 Å². The van der Waals surface area contributed by atoms with Crippen LogP contribution in [0, 0.1) is 13.8 Å². The number of hydrogen-bond donors (Lipinski definition) is 0. The summed E-state index contributed by atoms with van der Waals surface area (Å²) in [6.07, 6.45) is 2.04. The Balaban J connectivity index is 1.49. The van der Waals surface area contributed by atoms with E-state index in [9.17, 15) is 9.59 Å². The third kappa shape index (κ3) is 4.36. The Kier molecular flexibility index (Phi) is 6.45. The first-order valence-corrected chi connectivity index (χ1v) is 12.3. The van der Waals surface area contributed by atoms with Gasteiger partial charge in [0.15, 0.2) is 5.13 Å². The second kappa shape index (κ2) is 9.66. The molecule has 0 unspecified atom stereocenters. The molecule has 2 aromatic carbocycles. The minimum atomic E-state index is -0.380. The molecule has 1 aliphatic heterocycles. The van der Waals surface area contributed by atoms with Crippen molar-refractivity contribution in [1.82, 2.24) is 9.88 Å². The van der Waals surface area contributed by atoms with Crippen molar-refractivity contribution in [3.63, 3.8) is 0 Å². The minimum Gasteiger partial charge on any atom is -0.463 e. The highest BCUT2D eigenvalue weighted by molar-refractivity contribution is 7.22. The van der Waals surface area contributed by atoms with Crippen molar-refractivity contribution in [1.29, 1.82) is 0 Å². The minimum absolute atomic E-state index is 0.0252. The lowest BCUT2D eigenvalue weighted by Gasteiger charge is -2.27. The molecular formula is C26H27N3O4S. The van der Waals surface area contributed by atoms with Gasteiger partial charge in [0.2, 0.25) is 5.43 Å². The Hall–Kier alpha value is -3.07. The fourth-order valence-corrected chi connectivity index (χ4v) is 5.31. The van der Waals surface area contributed by atoms with Crippen molar-refractivity contribution in [2.45, 2.75) is 20.3 Å². The fourth-order valence-electron chi connectivity index (χ4n) is 4.26. The molecule has 1 saturated heterocycles. The van der Waals surface area contributed by atoms with Gasteiger partial charge in [-0.05, 0) is 49.6 Å². The van der Waals surface area contributed by atoms with Crippen LogP contribution in [-0.2, 0) is 4.74 Å². The Morgan fingerprint density at radius 3 is 2.76 bits per heavy atom. The van der Waals surface area contributed by atoms with Crippen LogP contribution in [0.3, 0.4) is 0 Å². The summed E-state index contributed by atoms with van der Waals surface area (Å²) < 4.78 is 12.1. The van der Waals surface area contributed by atoms with Gasteiger partial charge in [-0.3, -0.25) is 19.4 Å². The number of amides is 1. The van der Waals surface area contributed by atoms with E-state index < -0.39 is 0 Å². The molecule has 0 bridgehead atoms. The first-order valence-electron chi connectivity index (χ1n) is 11.5. The van der Waals surface area contributed by atoms with Crippen molar-refractivity contribution >= 4 is 43.6 Å². The smallest absolute Gasteiger partial charge is 0.267 e. The number of fused-ring (bicyclic) bond motifs is 2. The van der Waals surface area contributed by atoms with Gasteiger partial charge in [-0.25, -0.2) is 4.98 Å². The maximum Gasteiger partial charge on any atom is 0.267 e. The van der Waals surface area contributed by atoms with Crippen molar-refractivity contribution in [3.05, 3.63) is 69.6 Å². The summed E-state index contributed by atoms with van der Waals surface area (Å²) >= 11 is 1.47. The van der Waals surface area contributed by atoms with Crippen molar-refractivity contribution in [2.75, 3.05) is 44.3 Å². The topological polar surface area (TPSA) is 75.9 Å². The first kappa shape index (κ1) is 22.7. The van der Waals surface area contributed by atoms with Gasteiger partial charge < -0.3 is 9.15 Å². The molecule has 1 amide bonds. The number of ether oxygens (including phenoxy) is 1. The molecule has 176 valence electrons. The van der Waals surface area contributed by atoms with E-state index in [4.69, 9.17) is 14.1 Å². The fraction of sp³-hybridized carbons (Fsp3) is 0.346. The Morgan fingerprint density at radius 2 is 1.94 bits per heavy atom. The molecule has 0 saturated carbocycles. The Morgan fingerprint density at radius 1 is 1.15 bits per heavy atom. The summed E-state index contributed by atoms with van der Waals surface area (Å²) in [6.45, 7) is 8.66. The molecule has 2 aromatic heterocycles. The van der Waals surface area contributed by atoms with Crippen LogP contribution < -0.4 is 10.3 Å². The highest BCUT2D eigenvalue weighted by Gasteiger charge is 2.25. The summed E-state index contributed by atoms with van der Waals surface area (Å²) in [5.41, 5.74) is 3.33. The molecule has 0 spiro atoms. The lowest BCUT2D eigenvalue weighted by molar-refractivity contribution is 0.0376. The second-order valence-electron chi connectivity index (χ2n) is 8.59. The summed E-state index contributed by atoms with van der Waals surface area (Å²) in [7, 11) is 0. The molecular weight excluding hydrogens is 450 g/mol. The molecule has 0 aliphatic carbocycles. The number of aryl methyl sites for hydroxylation is 2. The summed E-state index contributed by atoms with van der Waals surface area (Å²) in [4.78, 5) is 35.7. The summed E-state index contributed by atoms with van der Waals surface area (Å²) in [5.74, 6) is -0.380. The highest BCUT2D eigenvalue weighted by atomic mass is 32.1. The zero-order valence-electron chi connectivity index (χ0n) is 19.4. The van der Waals surface area contributed by atoms with Gasteiger partial charge in [-0.15, -0.1) is 0 Å². The first-order chi connectivity index (χ1) is 16.5. The Bertz CT molecular complexity index is 1400. The maximum absolute atomic E-state index is 13.7. The number of nitrogens with zero attached hydrogens (tertiary/aromatic N) is 3. The van der Waals surface area contributed by atoms with Crippen molar-refractivity contribution in [2.24, 2.45) is 0 Å². The monoisotopic (exact) mass is 477 g/mol. The average Bonchev–Trinajstić information content (AvgIpc) is 3.29. The van der Waals surface area contributed by atoms with Gasteiger partial charge >= 0.3 is 0 Å². The SMILES string of the molecule is Cc1ccc2sc(N(CCCN3CCOCC3)C(=O)c3coc4ccccc4c3=O)nc2c1C. The molecule has 7 nitrogen and oxygen atoms in total. The molecule has 0 N–H and O–H groups in total. The van der Waals surface area contributed by atoms with E-state index in [-0.39, 0.29) is 16.9 Å². The largest absolute Gasteiger partial charge is 0.463 e. The number of morpholine rings is 1. The van der Waals surface area contributed by atoms with Crippen LogP contribution in [0.2, 0.25) is 0 Å². The van der Waals surface area contributed by atoms with Crippen molar-refractivity contribution in [3.8, 4) is 0 Å². The number of benzene rings is 2. The number of para-hydroxylation sites is 1. The van der Waals surface area contributed by atoms with Gasteiger partial charge in [-0.2, -0.15) is 0 Å². The van der Waals surface area contributed by atoms with E-state index in [0.29, 0.717) is 22.6 Å². The van der Waals surface area contributed by atoms with Gasteiger partial charge in [-0.1, -0.05) is 29.5 Å². The zero-order chi connectivity index (χ0) is 23.7. The predicted molar refractivity (Wildman–Crippen MR) is 135 cm³/mol. The van der Waals surface area contributed by atoms with Crippen LogP contribution in [0.15, 0.2) is 51.9 Å². The standard InChI is InChI=1S/C26H27N3O4S/c1-17-8-9-22-23(18(17)2)27-26(34-22)29(11-5-10-28-12-14-32-15-13-28)25(31)20-16-33-21-7-4-3-6-19(21)24(20)30/h3-4,6-9,16H,5,10-15H2,1-2H3. The van der Waals surface area contributed by atoms with E-state index in [1.807, 2.05) is 13.0 Å². The normalized spacial score (nSPS) is 14.6. The number of aromatic nitrogens is 1. The maximum atomic E-state index is 13.7. The number of carbonyl (C=O) groups excluding carboxylic acids is 1. The molecule has 3 heterocycles. The average molecular weight is 478 g/mol. The Labute approximate surface area is 201 Å². The van der Waals surface area contributed by atoms with Gasteiger partial charge in [0, 0.05) is 26.2 Å². The predicted octanol–water partition coefficient (Wildman–Crippen LogP) is 4.39. The third-order valence-electron chi connectivity index (χ3n) is 6.42. The number of thiazole rings is 1. The third-order valence-corrected chi connectivity index (χ3v) is 7.46. The van der Waals surface area contributed by atoms with E-state index >= 15 is 0 Å². The molecule has 0 atom stereocenters.